The summed E-state index contributed by atoms with van der Waals surface area (Å²) in [6.45, 7) is 4.37. The average Bonchev–Trinajstić information content (AvgIpc) is 0.921. The van der Waals surface area contributed by atoms with Gasteiger partial charge in [0.05, 0.1) is 26.4 Å². The number of carbonyl (C=O) groups excluding carboxylic acids is 4. The van der Waals surface area contributed by atoms with Gasteiger partial charge in [-0.3, -0.25) is 37.3 Å². The summed E-state index contributed by atoms with van der Waals surface area (Å²) in [5.41, 5.74) is 0. The van der Waals surface area contributed by atoms with Crippen LogP contribution >= 0.6 is 15.6 Å². The van der Waals surface area contributed by atoms with Gasteiger partial charge in [-0.15, -0.1) is 0 Å². The number of hydrogen-bond donors (Lipinski definition) is 3. The number of aliphatic hydroxyl groups excluding tert-OH is 1. The van der Waals surface area contributed by atoms with Crippen molar-refractivity contribution in [1.82, 2.24) is 0 Å². The number of rotatable bonds is 71. The normalized spacial score (nSPS) is 14.8. The van der Waals surface area contributed by atoms with Crippen LogP contribution in [0.4, 0.5) is 0 Å². The molecule has 0 heterocycles. The molecule has 0 aromatic rings. The van der Waals surface area contributed by atoms with E-state index in [-0.39, 0.29) is 25.7 Å². The van der Waals surface area contributed by atoms with Gasteiger partial charge in [0.25, 0.3) is 0 Å². The lowest BCUT2D eigenvalue weighted by Gasteiger charge is -2.21. The summed E-state index contributed by atoms with van der Waals surface area (Å²) in [6, 6.07) is 0. The number of carbonyl (C=O) groups is 4. The van der Waals surface area contributed by atoms with E-state index in [9.17, 15) is 43.2 Å². The Morgan fingerprint density at radius 3 is 0.863 bits per heavy atom. The van der Waals surface area contributed by atoms with E-state index in [0.29, 0.717) is 32.1 Å². The summed E-state index contributed by atoms with van der Waals surface area (Å²) < 4.78 is 68.4. The molecule has 0 radical (unpaired) electrons. The first-order valence-corrected chi connectivity index (χ1v) is 41.7. The van der Waals surface area contributed by atoms with Crippen molar-refractivity contribution in [3.05, 3.63) is 158 Å². The maximum Gasteiger partial charge on any atom is 0.472 e. The Morgan fingerprint density at radius 1 is 0.284 bits per heavy atom. The van der Waals surface area contributed by atoms with Gasteiger partial charge in [-0.25, -0.2) is 9.13 Å². The van der Waals surface area contributed by atoms with Crippen molar-refractivity contribution in [2.24, 2.45) is 0 Å². The average molecular weight is 1470 g/mol. The molecule has 5 unspecified atom stereocenters. The predicted octanol–water partition coefficient (Wildman–Crippen LogP) is 22.4. The second kappa shape index (κ2) is 74.0. The molecule has 0 aromatic heterocycles. The molecule has 3 N–H and O–H groups in total. The molecule has 0 rings (SSSR count). The third-order valence-corrected chi connectivity index (χ3v) is 17.4. The van der Waals surface area contributed by atoms with Crippen LogP contribution in [-0.2, 0) is 65.4 Å². The lowest BCUT2D eigenvalue weighted by Crippen LogP contribution is -2.30. The van der Waals surface area contributed by atoms with Crippen molar-refractivity contribution < 1.29 is 80.2 Å². The third kappa shape index (κ3) is 73.0. The number of allylic oxidation sites excluding steroid dienone is 26. The molecule has 0 saturated heterocycles. The zero-order valence-electron chi connectivity index (χ0n) is 63.2. The van der Waals surface area contributed by atoms with E-state index in [0.717, 1.165) is 161 Å². The first kappa shape index (κ1) is 96.7. The number of phosphoric acid groups is 2. The highest BCUT2D eigenvalue weighted by Gasteiger charge is 2.30. The van der Waals surface area contributed by atoms with Crippen LogP contribution < -0.4 is 0 Å². The first-order valence-electron chi connectivity index (χ1n) is 38.7. The largest absolute Gasteiger partial charge is 0.472 e. The molecule has 0 bridgehead atoms. The van der Waals surface area contributed by atoms with Crippen LogP contribution in [0.1, 0.15) is 285 Å². The van der Waals surface area contributed by atoms with E-state index in [2.05, 4.69) is 167 Å². The maximum absolute atomic E-state index is 13.1. The summed E-state index contributed by atoms with van der Waals surface area (Å²) in [5, 5.41) is 10.6. The van der Waals surface area contributed by atoms with Crippen molar-refractivity contribution in [1.29, 1.82) is 0 Å². The Labute approximate surface area is 617 Å². The SMILES string of the molecule is CC/C=C\C/C=C\C/C=C\C/C=C\C/C=C\C/C=C\CCC(=O)OCC(COP(=O)(O)OCC(O)COP(=O)(O)OCC(COC(=O)CCCC/C=C\C/C=C\C/C=C\C/C=C\CC)OC(=O)CCCCCCCCCCCCC)OC(=O)CCCCCCCCC/C=C\C/C=C\C/C=C\CC. The summed E-state index contributed by atoms with van der Waals surface area (Å²) in [5.74, 6) is -2.34. The fourth-order valence-electron chi connectivity index (χ4n) is 9.72. The van der Waals surface area contributed by atoms with Gasteiger partial charge in [-0.05, 0) is 135 Å². The molecule has 19 heteroatoms. The Balaban J connectivity index is 5.45. The summed E-state index contributed by atoms with van der Waals surface area (Å²) in [4.78, 5) is 72.9. The van der Waals surface area contributed by atoms with Crippen molar-refractivity contribution >= 4 is 39.5 Å². The highest BCUT2D eigenvalue weighted by atomic mass is 31.2. The topological polar surface area (TPSA) is 237 Å². The molecule has 0 amide bonds. The molecule has 17 nitrogen and oxygen atoms in total. The minimum Gasteiger partial charge on any atom is -0.462 e. The van der Waals surface area contributed by atoms with Gasteiger partial charge in [0.1, 0.15) is 19.3 Å². The molecule has 0 spiro atoms. The number of esters is 4. The van der Waals surface area contributed by atoms with Gasteiger partial charge in [-0.2, -0.15) is 0 Å². The number of hydrogen-bond acceptors (Lipinski definition) is 15. The van der Waals surface area contributed by atoms with Crippen LogP contribution in [0.5, 0.6) is 0 Å². The van der Waals surface area contributed by atoms with Crippen LogP contribution in [0.15, 0.2) is 158 Å². The fraction of sp³-hybridized carbons (Fsp3) is 0.639. The standard InChI is InChI=1S/C83H136O17P2/c1-5-9-13-17-21-25-29-32-35-37-38-40-42-45-49-52-56-60-64-68-81(86)94-74-79(100-83(88)70-66-62-58-54-50-46-43-39-36-33-30-26-22-18-14-10-6-2)76-98-102(91,92)96-72-77(84)71-95-101(89,90)97-75-78(99-82(87)69-65-61-57-53-47-28-24-20-16-12-8-4)73-93-80(85)67-63-59-55-51-48-44-41-34-31-27-23-19-15-11-7-3/h9-11,13-15,21-23,25-27,32-36,38,40-41,45,48-49,51,56,60,77-79,84H,5-8,12,16-20,24,28-31,37,39,42-44,46-47,50,52-55,57-59,61-76H2,1-4H3,(H,89,90)(H,91,92)/b13-9-,14-10-,15-11-,25-21-,26-22-,27-23-,35-32-,36-33-,40-38-,41-34-,49-45-,51-48-,60-56-. The van der Waals surface area contributed by atoms with E-state index in [4.69, 9.17) is 37.0 Å². The van der Waals surface area contributed by atoms with Gasteiger partial charge in [0.15, 0.2) is 12.2 Å². The predicted molar refractivity (Wildman–Crippen MR) is 417 cm³/mol. The Bertz CT molecular complexity index is 2550. The lowest BCUT2D eigenvalue weighted by molar-refractivity contribution is -0.161. The van der Waals surface area contributed by atoms with E-state index < -0.39 is 97.5 Å². The highest BCUT2D eigenvalue weighted by Crippen LogP contribution is 2.45. The number of phosphoric ester groups is 2. The number of aliphatic hydroxyl groups is 1. The van der Waals surface area contributed by atoms with Crippen LogP contribution in [0.3, 0.4) is 0 Å². The Hall–Kier alpha value is -5.32. The van der Waals surface area contributed by atoms with Crippen molar-refractivity contribution in [2.75, 3.05) is 39.6 Å². The zero-order chi connectivity index (χ0) is 74.6. The zero-order valence-corrected chi connectivity index (χ0v) is 65.0. The smallest absolute Gasteiger partial charge is 0.462 e. The third-order valence-electron chi connectivity index (χ3n) is 15.5. The molecule has 580 valence electrons. The molecular weight excluding hydrogens is 1330 g/mol. The molecule has 5 atom stereocenters. The number of ether oxygens (including phenoxy) is 4. The van der Waals surface area contributed by atoms with Crippen LogP contribution in [0.25, 0.3) is 0 Å². The van der Waals surface area contributed by atoms with Gasteiger partial charge < -0.3 is 33.8 Å². The monoisotopic (exact) mass is 1470 g/mol. The van der Waals surface area contributed by atoms with E-state index >= 15 is 0 Å². The molecule has 0 aliphatic heterocycles. The first-order chi connectivity index (χ1) is 49.7. The molecule has 102 heavy (non-hydrogen) atoms. The van der Waals surface area contributed by atoms with E-state index in [1.165, 1.54) is 38.5 Å². The van der Waals surface area contributed by atoms with E-state index in [1.54, 1.807) is 0 Å². The summed E-state index contributed by atoms with van der Waals surface area (Å²) in [7, 11) is -9.99. The van der Waals surface area contributed by atoms with Gasteiger partial charge in [0, 0.05) is 25.7 Å². The van der Waals surface area contributed by atoms with Gasteiger partial charge in [-0.1, -0.05) is 282 Å². The van der Waals surface area contributed by atoms with E-state index in [1.807, 2.05) is 18.2 Å². The lowest BCUT2D eigenvalue weighted by atomic mass is 10.1. The quantitative estimate of drug-likeness (QED) is 0.0169. The number of unbranched alkanes of at least 4 members (excludes halogenated alkanes) is 19. The Kier molecular flexibility index (Phi) is 70.1. The molecule has 0 fully saturated rings. The molecule has 0 saturated carbocycles. The van der Waals surface area contributed by atoms with Crippen molar-refractivity contribution in [2.45, 2.75) is 303 Å². The molecule has 0 aliphatic rings. The van der Waals surface area contributed by atoms with Gasteiger partial charge in [0.2, 0.25) is 0 Å². The minimum atomic E-state index is -5.00. The van der Waals surface area contributed by atoms with Crippen LogP contribution in [-0.4, -0.2) is 96.7 Å². The van der Waals surface area contributed by atoms with Crippen molar-refractivity contribution in [3.63, 3.8) is 0 Å². The summed E-state index contributed by atoms with van der Waals surface area (Å²) in [6.07, 6.45) is 85.4. The Morgan fingerprint density at radius 2 is 0.529 bits per heavy atom. The molecular formula is C83H136O17P2. The second-order valence-electron chi connectivity index (χ2n) is 25.2. The minimum absolute atomic E-state index is 0.0285. The second-order valence-corrected chi connectivity index (χ2v) is 28.1. The molecule has 0 aromatic carbocycles. The maximum atomic E-state index is 13.1. The van der Waals surface area contributed by atoms with Crippen LogP contribution in [0.2, 0.25) is 0 Å². The molecule has 0 aliphatic carbocycles. The van der Waals surface area contributed by atoms with Gasteiger partial charge >= 0.3 is 39.5 Å². The van der Waals surface area contributed by atoms with Crippen molar-refractivity contribution in [3.8, 4) is 0 Å². The fourth-order valence-corrected chi connectivity index (χ4v) is 11.3. The summed E-state index contributed by atoms with van der Waals surface area (Å²) >= 11 is 0. The van der Waals surface area contributed by atoms with Crippen LogP contribution in [0, 0.1) is 0 Å². The highest BCUT2D eigenvalue weighted by molar-refractivity contribution is 7.47.